The van der Waals surface area contributed by atoms with Gasteiger partial charge in [0.1, 0.15) is 10.1 Å². The molecule has 9 heteroatoms. The van der Waals surface area contributed by atoms with Crippen molar-refractivity contribution in [1.29, 1.82) is 0 Å². The molecule has 24 heavy (non-hydrogen) atoms. The fourth-order valence-electron chi connectivity index (χ4n) is 2.88. The van der Waals surface area contributed by atoms with Gasteiger partial charge in [0.05, 0.1) is 12.2 Å². The summed E-state index contributed by atoms with van der Waals surface area (Å²) in [7, 11) is 0. The number of hydrogen-bond acceptors (Lipinski definition) is 5. The quantitative estimate of drug-likeness (QED) is 0.752. The van der Waals surface area contributed by atoms with Gasteiger partial charge in [-0.25, -0.2) is 4.98 Å². The number of halogens is 3. The Kier molecular flexibility index (Phi) is 5.51. The smallest absolute Gasteiger partial charge is 0.355 e. The van der Waals surface area contributed by atoms with Gasteiger partial charge in [-0.2, -0.15) is 13.2 Å². The van der Waals surface area contributed by atoms with Crippen molar-refractivity contribution in [2.45, 2.75) is 12.6 Å². The first-order valence-electron chi connectivity index (χ1n) is 7.86. The van der Waals surface area contributed by atoms with Gasteiger partial charge in [-0.05, 0) is 18.6 Å². The van der Waals surface area contributed by atoms with E-state index in [1.165, 1.54) is 6.07 Å². The van der Waals surface area contributed by atoms with Crippen LogP contribution in [0.15, 0.2) is 18.3 Å². The molecule has 0 amide bonds. The van der Waals surface area contributed by atoms with Gasteiger partial charge in [0, 0.05) is 44.7 Å². The van der Waals surface area contributed by atoms with Crippen molar-refractivity contribution >= 4 is 34.1 Å². The second-order valence-electron chi connectivity index (χ2n) is 5.88. The van der Waals surface area contributed by atoms with Gasteiger partial charge in [-0.3, -0.25) is 4.90 Å². The normalized spacial score (nSPS) is 20.5. The van der Waals surface area contributed by atoms with E-state index in [9.17, 15) is 13.2 Å². The summed E-state index contributed by atoms with van der Waals surface area (Å²) < 4.78 is 38.8. The standard InChI is InChI=1S/C15H19F3N4S2/c16-15(17,18)12-2-3-13(19-10-12)21-5-1-4-20(6-7-21)11-22-8-9-24-14(22)23/h2-3,10H,1,4-9,11H2. The van der Waals surface area contributed by atoms with Gasteiger partial charge in [0.25, 0.3) is 0 Å². The summed E-state index contributed by atoms with van der Waals surface area (Å²) in [6.07, 6.45) is -2.47. The van der Waals surface area contributed by atoms with Crippen molar-refractivity contribution in [2.75, 3.05) is 50.0 Å². The van der Waals surface area contributed by atoms with Crippen molar-refractivity contribution in [3.63, 3.8) is 0 Å². The summed E-state index contributed by atoms with van der Waals surface area (Å²) in [6.45, 7) is 5.19. The summed E-state index contributed by atoms with van der Waals surface area (Å²) >= 11 is 7.05. The molecule has 1 aromatic heterocycles. The molecule has 3 rings (SSSR count). The second kappa shape index (κ2) is 7.45. The lowest BCUT2D eigenvalue weighted by Crippen LogP contribution is -2.40. The van der Waals surface area contributed by atoms with Gasteiger partial charge in [-0.1, -0.05) is 24.0 Å². The molecule has 1 aromatic rings. The predicted molar refractivity (Wildman–Crippen MR) is 94.3 cm³/mol. The fraction of sp³-hybridized carbons (Fsp3) is 0.600. The van der Waals surface area contributed by atoms with Crippen LogP contribution in [0.5, 0.6) is 0 Å². The van der Waals surface area contributed by atoms with Gasteiger partial charge < -0.3 is 9.80 Å². The number of rotatable bonds is 3. The lowest BCUT2D eigenvalue weighted by molar-refractivity contribution is -0.137. The number of thiocarbonyl (C=S) groups is 1. The first kappa shape index (κ1) is 17.8. The monoisotopic (exact) mass is 376 g/mol. The zero-order chi connectivity index (χ0) is 17.2. The van der Waals surface area contributed by atoms with Crippen LogP contribution < -0.4 is 4.90 Å². The molecule has 132 valence electrons. The third-order valence-electron chi connectivity index (χ3n) is 4.20. The Labute approximate surface area is 149 Å². The van der Waals surface area contributed by atoms with E-state index in [1.54, 1.807) is 11.8 Å². The van der Waals surface area contributed by atoms with E-state index >= 15 is 0 Å². The van der Waals surface area contributed by atoms with E-state index < -0.39 is 11.7 Å². The van der Waals surface area contributed by atoms with Crippen molar-refractivity contribution in [3.8, 4) is 0 Å². The van der Waals surface area contributed by atoms with Crippen molar-refractivity contribution in [2.24, 2.45) is 0 Å². The summed E-state index contributed by atoms with van der Waals surface area (Å²) in [5, 5.41) is 0. The maximum absolute atomic E-state index is 12.6. The lowest BCUT2D eigenvalue weighted by atomic mass is 10.2. The van der Waals surface area contributed by atoms with Crippen molar-refractivity contribution < 1.29 is 13.2 Å². The highest BCUT2D eigenvalue weighted by atomic mass is 32.2. The van der Waals surface area contributed by atoms with Crippen LogP contribution in [0, 0.1) is 0 Å². The molecule has 0 aliphatic carbocycles. The van der Waals surface area contributed by atoms with E-state index in [1.807, 2.05) is 0 Å². The van der Waals surface area contributed by atoms with Gasteiger partial charge in [0.2, 0.25) is 0 Å². The Morgan fingerprint density at radius 2 is 1.96 bits per heavy atom. The highest BCUT2D eigenvalue weighted by molar-refractivity contribution is 8.23. The molecule has 2 aliphatic heterocycles. The summed E-state index contributed by atoms with van der Waals surface area (Å²) in [5.41, 5.74) is -0.706. The molecular formula is C15H19F3N4S2. The number of thioether (sulfide) groups is 1. The van der Waals surface area contributed by atoms with Crippen LogP contribution >= 0.6 is 24.0 Å². The van der Waals surface area contributed by atoms with Gasteiger partial charge in [0.15, 0.2) is 0 Å². The fourth-order valence-corrected chi connectivity index (χ4v) is 4.09. The van der Waals surface area contributed by atoms with E-state index in [0.29, 0.717) is 5.82 Å². The molecule has 0 saturated carbocycles. The van der Waals surface area contributed by atoms with Crippen molar-refractivity contribution in [1.82, 2.24) is 14.8 Å². The van der Waals surface area contributed by atoms with Crippen LogP contribution in [0.1, 0.15) is 12.0 Å². The molecule has 4 nitrogen and oxygen atoms in total. The molecule has 0 unspecified atom stereocenters. The number of alkyl halides is 3. The third-order valence-corrected chi connectivity index (χ3v) is 5.71. The third kappa shape index (κ3) is 4.31. The number of pyridine rings is 1. The SMILES string of the molecule is FC(F)(F)c1ccc(N2CCCN(CN3CCSC3=S)CC2)nc1. The van der Waals surface area contributed by atoms with Crippen LogP contribution in [0.25, 0.3) is 0 Å². The van der Waals surface area contributed by atoms with E-state index in [4.69, 9.17) is 12.2 Å². The minimum absolute atomic E-state index is 0.608. The maximum Gasteiger partial charge on any atom is 0.417 e. The molecule has 2 saturated heterocycles. The van der Waals surface area contributed by atoms with Crippen LogP contribution in [0.3, 0.4) is 0 Å². The zero-order valence-corrected chi connectivity index (χ0v) is 14.8. The number of hydrogen-bond donors (Lipinski definition) is 0. The van der Waals surface area contributed by atoms with E-state index in [0.717, 1.165) is 68.1 Å². The molecule has 0 N–H and O–H groups in total. The first-order chi connectivity index (χ1) is 11.4. The molecule has 0 radical (unpaired) electrons. The predicted octanol–water partition coefficient (Wildman–Crippen LogP) is 2.90. The molecule has 0 spiro atoms. The van der Waals surface area contributed by atoms with Crippen molar-refractivity contribution in [3.05, 3.63) is 23.9 Å². The Balaban J connectivity index is 1.58. The number of aromatic nitrogens is 1. The van der Waals surface area contributed by atoms with Gasteiger partial charge in [-0.15, -0.1) is 0 Å². The second-order valence-corrected chi connectivity index (χ2v) is 7.61. The summed E-state index contributed by atoms with van der Waals surface area (Å²) in [6, 6.07) is 2.57. The molecule has 2 fully saturated rings. The maximum atomic E-state index is 12.6. The molecule has 0 atom stereocenters. The number of nitrogens with zero attached hydrogens (tertiary/aromatic N) is 4. The summed E-state index contributed by atoms with van der Waals surface area (Å²) in [5.74, 6) is 1.66. The summed E-state index contributed by atoms with van der Waals surface area (Å²) in [4.78, 5) is 10.6. The minimum Gasteiger partial charge on any atom is -0.355 e. The molecular weight excluding hydrogens is 357 g/mol. The average Bonchev–Trinajstić information content (AvgIpc) is 2.81. The van der Waals surface area contributed by atoms with E-state index in [-0.39, 0.29) is 0 Å². The highest BCUT2D eigenvalue weighted by Crippen LogP contribution is 2.29. The lowest BCUT2D eigenvalue weighted by Gasteiger charge is -2.27. The zero-order valence-electron chi connectivity index (χ0n) is 13.1. The minimum atomic E-state index is -4.34. The Bertz CT molecular complexity index is 579. The highest BCUT2D eigenvalue weighted by Gasteiger charge is 2.31. The Morgan fingerprint density at radius 3 is 2.58 bits per heavy atom. The molecule has 2 aliphatic rings. The van der Waals surface area contributed by atoms with Crippen LogP contribution in [0.2, 0.25) is 0 Å². The first-order valence-corrected chi connectivity index (χ1v) is 9.25. The number of anilines is 1. The molecule has 0 aromatic carbocycles. The molecule has 3 heterocycles. The largest absolute Gasteiger partial charge is 0.417 e. The van der Waals surface area contributed by atoms with Crippen LogP contribution in [-0.2, 0) is 6.18 Å². The molecule has 0 bridgehead atoms. The Morgan fingerprint density at radius 1 is 1.12 bits per heavy atom. The van der Waals surface area contributed by atoms with Gasteiger partial charge >= 0.3 is 6.18 Å². The van der Waals surface area contributed by atoms with E-state index in [2.05, 4.69) is 19.7 Å². The van der Waals surface area contributed by atoms with Crippen LogP contribution in [0.4, 0.5) is 19.0 Å². The Hall–Kier alpha value is -1.06. The average molecular weight is 376 g/mol. The topological polar surface area (TPSA) is 22.6 Å². The van der Waals surface area contributed by atoms with Crippen LogP contribution in [-0.4, -0.2) is 64.2 Å².